The summed E-state index contributed by atoms with van der Waals surface area (Å²) >= 11 is 0. The molecule has 22 heavy (non-hydrogen) atoms. The number of primary amides is 1. The highest BCUT2D eigenvalue weighted by Gasteiger charge is 2.25. The summed E-state index contributed by atoms with van der Waals surface area (Å²) in [6.45, 7) is 1.69. The fourth-order valence-electron chi connectivity index (χ4n) is 2.16. The summed E-state index contributed by atoms with van der Waals surface area (Å²) in [6, 6.07) is 11.9. The molecule has 0 fully saturated rings. The number of nitrogens with one attached hydrogen (secondary N) is 1. The third kappa shape index (κ3) is 3.38. The van der Waals surface area contributed by atoms with Crippen LogP contribution >= 0.6 is 0 Å². The van der Waals surface area contributed by atoms with Crippen molar-refractivity contribution in [3.05, 3.63) is 42.1 Å². The Morgan fingerprint density at radius 2 is 2.05 bits per heavy atom. The topological polar surface area (TPSA) is 109 Å². The number of fused-ring (bicyclic) bond motifs is 1. The molecule has 1 heterocycles. The van der Waals surface area contributed by atoms with Gasteiger partial charge in [0.2, 0.25) is 5.91 Å². The molecular weight excluding hydrogens is 280 g/mol. The summed E-state index contributed by atoms with van der Waals surface area (Å²) < 4.78 is 0. The average molecular weight is 296 g/mol. The van der Waals surface area contributed by atoms with Gasteiger partial charge in [-0.2, -0.15) is 5.26 Å². The SMILES string of the molecule is C[C@H](CC#N)[C@H](NC(=O)c1ccc2ccccc2n1)C(N)=O. The molecule has 0 bridgehead atoms. The molecule has 6 heteroatoms. The van der Waals surface area contributed by atoms with Crippen LogP contribution < -0.4 is 11.1 Å². The smallest absolute Gasteiger partial charge is 0.270 e. The molecule has 0 spiro atoms. The van der Waals surface area contributed by atoms with Gasteiger partial charge in [0.1, 0.15) is 11.7 Å². The fourth-order valence-corrected chi connectivity index (χ4v) is 2.16. The van der Waals surface area contributed by atoms with Gasteiger partial charge in [-0.05, 0) is 18.1 Å². The Morgan fingerprint density at radius 1 is 1.32 bits per heavy atom. The summed E-state index contributed by atoms with van der Waals surface area (Å²) in [5, 5.41) is 12.2. The van der Waals surface area contributed by atoms with E-state index < -0.39 is 17.9 Å². The Balaban J connectivity index is 2.21. The quantitative estimate of drug-likeness (QED) is 0.868. The first-order valence-corrected chi connectivity index (χ1v) is 6.86. The summed E-state index contributed by atoms with van der Waals surface area (Å²) in [5.41, 5.74) is 6.19. The van der Waals surface area contributed by atoms with Crippen LogP contribution in [0.5, 0.6) is 0 Å². The van der Waals surface area contributed by atoms with Gasteiger partial charge in [-0.1, -0.05) is 31.2 Å². The lowest BCUT2D eigenvalue weighted by molar-refractivity contribution is -0.120. The molecule has 0 radical (unpaired) electrons. The predicted molar refractivity (Wildman–Crippen MR) is 81.6 cm³/mol. The third-order valence-corrected chi connectivity index (χ3v) is 3.41. The molecule has 0 aliphatic rings. The van der Waals surface area contributed by atoms with Gasteiger partial charge in [-0.3, -0.25) is 9.59 Å². The molecule has 2 aromatic rings. The second-order valence-corrected chi connectivity index (χ2v) is 5.08. The summed E-state index contributed by atoms with van der Waals surface area (Å²) in [5.74, 6) is -1.52. The number of nitriles is 1. The monoisotopic (exact) mass is 296 g/mol. The highest BCUT2D eigenvalue weighted by atomic mass is 16.2. The molecule has 3 N–H and O–H groups in total. The Hall–Kier alpha value is -2.94. The Morgan fingerprint density at radius 3 is 2.73 bits per heavy atom. The van der Waals surface area contributed by atoms with Crippen LogP contribution in [0.25, 0.3) is 10.9 Å². The molecule has 0 aliphatic carbocycles. The highest BCUT2D eigenvalue weighted by Crippen LogP contribution is 2.13. The van der Waals surface area contributed by atoms with E-state index in [0.717, 1.165) is 5.39 Å². The highest BCUT2D eigenvalue weighted by molar-refractivity contribution is 5.97. The maximum atomic E-state index is 12.2. The second kappa shape index (κ2) is 6.68. The minimum absolute atomic E-state index is 0.124. The van der Waals surface area contributed by atoms with Crippen molar-refractivity contribution in [2.24, 2.45) is 11.7 Å². The number of carbonyl (C=O) groups excluding carboxylic acids is 2. The van der Waals surface area contributed by atoms with Gasteiger partial charge in [0.05, 0.1) is 11.6 Å². The second-order valence-electron chi connectivity index (χ2n) is 5.08. The van der Waals surface area contributed by atoms with Crippen LogP contribution in [0.3, 0.4) is 0 Å². The fraction of sp³-hybridized carbons (Fsp3) is 0.250. The van der Waals surface area contributed by atoms with Crippen molar-refractivity contribution in [2.75, 3.05) is 0 Å². The van der Waals surface area contributed by atoms with Crippen LogP contribution in [0.2, 0.25) is 0 Å². The number of benzene rings is 1. The van der Waals surface area contributed by atoms with Crippen LogP contribution in [-0.2, 0) is 4.79 Å². The van der Waals surface area contributed by atoms with Gasteiger partial charge < -0.3 is 11.1 Å². The minimum Gasteiger partial charge on any atom is -0.368 e. The lowest BCUT2D eigenvalue weighted by Crippen LogP contribution is -2.48. The minimum atomic E-state index is -0.902. The van der Waals surface area contributed by atoms with E-state index in [1.165, 1.54) is 0 Å². The maximum Gasteiger partial charge on any atom is 0.270 e. The van der Waals surface area contributed by atoms with E-state index in [4.69, 9.17) is 11.0 Å². The summed E-state index contributed by atoms with van der Waals surface area (Å²) in [6.07, 6.45) is 0.124. The number of rotatable bonds is 5. The Bertz CT molecular complexity index is 751. The Labute approximate surface area is 127 Å². The summed E-state index contributed by atoms with van der Waals surface area (Å²) in [4.78, 5) is 28.0. The molecule has 1 aromatic carbocycles. The standard InChI is InChI=1S/C16H16N4O2/c1-10(8-9-17)14(15(18)21)20-16(22)13-7-6-11-4-2-3-5-12(11)19-13/h2-7,10,14H,8H2,1H3,(H2,18,21)(H,20,22)/t10-,14+/m1/s1. The van der Waals surface area contributed by atoms with Crippen molar-refractivity contribution < 1.29 is 9.59 Å². The first-order valence-electron chi connectivity index (χ1n) is 6.86. The molecule has 0 unspecified atom stereocenters. The number of nitrogens with zero attached hydrogens (tertiary/aromatic N) is 2. The Kier molecular flexibility index (Phi) is 4.69. The zero-order valence-electron chi connectivity index (χ0n) is 12.1. The van der Waals surface area contributed by atoms with Crippen molar-refractivity contribution in [1.29, 1.82) is 5.26 Å². The van der Waals surface area contributed by atoms with E-state index in [-0.39, 0.29) is 18.0 Å². The van der Waals surface area contributed by atoms with Crippen LogP contribution in [-0.4, -0.2) is 22.8 Å². The van der Waals surface area contributed by atoms with Crippen molar-refractivity contribution in [2.45, 2.75) is 19.4 Å². The molecule has 6 nitrogen and oxygen atoms in total. The van der Waals surface area contributed by atoms with Gasteiger partial charge in [0, 0.05) is 11.8 Å². The van der Waals surface area contributed by atoms with Crippen LogP contribution in [0, 0.1) is 17.2 Å². The zero-order chi connectivity index (χ0) is 16.1. The molecule has 0 aliphatic heterocycles. The van der Waals surface area contributed by atoms with Gasteiger partial charge in [0.15, 0.2) is 0 Å². The molecule has 112 valence electrons. The average Bonchev–Trinajstić information content (AvgIpc) is 2.51. The molecule has 0 saturated carbocycles. The largest absolute Gasteiger partial charge is 0.368 e. The molecule has 2 atom stereocenters. The number of hydrogen-bond donors (Lipinski definition) is 2. The zero-order valence-corrected chi connectivity index (χ0v) is 12.1. The normalized spacial score (nSPS) is 13.1. The number of nitrogens with two attached hydrogens (primary N) is 1. The molecule has 2 amide bonds. The van der Waals surface area contributed by atoms with E-state index in [0.29, 0.717) is 5.52 Å². The molecule has 0 saturated heterocycles. The third-order valence-electron chi connectivity index (χ3n) is 3.41. The number of carbonyl (C=O) groups is 2. The van der Waals surface area contributed by atoms with E-state index in [2.05, 4.69) is 10.3 Å². The first kappa shape index (κ1) is 15.4. The van der Waals surface area contributed by atoms with Crippen LogP contribution in [0.1, 0.15) is 23.8 Å². The molecule has 1 aromatic heterocycles. The van der Waals surface area contributed by atoms with Crippen LogP contribution in [0.15, 0.2) is 36.4 Å². The number of aromatic nitrogens is 1. The number of para-hydroxylation sites is 1. The number of amides is 2. The van der Waals surface area contributed by atoms with E-state index in [1.54, 1.807) is 25.1 Å². The lowest BCUT2D eigenvalue weighted by atomic mass is 9.98. The van der Waals surface area contributed by atoms with Crippen LogP contribution in [0.4, 0.5) is 0 Å². The number of hydrogen-bond acceptors (Lipinski definition) is 4. The van der Waals surface area contributed by atoms with E-state index in [1.807, 2.05) is 24.3 Å². The predicted octanol–water partition coefficient (Wildman–Crippen LogP) is 1.37. The first-order chi connectivity index (χ1) is 10.5. The van der Waals surface area contributed by atoms with Gasteiger partial charge in [0.25, 0.3) is 5.91 Å². The van der Waals surface area contributed by atoms with Crippen molar-refractivity contribution in [1.82, 2.24) is 10.3 Å². The van der Waals surface area contributed by atoms with Gasteiger partial charge >= 0.3 is 0 Å². The lowest BCUT2D eigenvalue weighted by Gasteiger charge is -2.20. The van der Waals surface area contributed by atoms with Crippen molar-refractivity contribution in [3.8, 4) is 6.07 Å². The number of pyridine rings is 1. The van der Waals surface area contributed by atoms with Gasteiger partial charge in [-0.25, -0.2) is 4.98 Å². The molecular formula is C16H16N4O2. The summed E-state index contributed by atoms with van der Waals surface area (Å²) in [7, 11) is 0. The van der Waals surface area contributed by atoms with E-state index in [9.17, 15) is 9.59 Å². The van der Waals surface area contributed by atoms with E-state index >= 15 is 0 Å². The van der Waals surface area contributed by atoms with Gasteiger partial charge in [-0.15, -0.1) is 0 Å². The molecule has 2 rings (SSSR count). The maximum absolute atomic E-state index is 12.2. The van der Waals surface area contributed by atoms with Crippen molar-refractivity contribution in [3.63, 3.8) is 0 Å². The van der Waals surface area contributed by atoms with Crippen molar-refractivity contribution >= 4 is 22.7 Å².